The average Bonchev–Trinajstić information content (AvgIpc) is 2.60. The van der Waals surface area contributed by atoms with E-state index >= 15 is 0 Å². The van der Waals surface area contributed by atoms with E-state index in [4.69, 9.17) is 10.00 Å². The molecule has 2 rings (SSSR count). The van der Waals surface area contributed by atoms with Crippen molar-refractivity contribution in [1.82, 2.24) is 0 Å². The Bertz CT molecular complexity index is 684. The summed E-state index contributed by atoms with van der Waals surface area (Å²) in [7, 11) is 0. The number of nitrogens with zero attached hydrogens (tertiary/aromatic N) is 1. The van der Waals surface area contributed by atoms with Crippen LogP contribution in [0.15, 0.2) is 48.5 Å². The lowest BCUT2D eigenvalue weighted by molar-refractivity contribution is -0.145. The standard InChI is InChI=1S/C20H21NO2/c1-2-3-4-9-20(22)23-15-16-10-12-17(13-11-16)19-8-6-5-7-18(19)14-21/h5-8,10-13H,2-4,9,15H2,1H3. The highest BCUT2D eigenvalue weighted by Crippen LogP contribution is 2.23. The van der Waals surface area contributed by atoms with Crippen molar-refractivity contribution in [1.29, 1.82) is 5.26 Å². The van der Waals surface area contributed by atoms with Crippen LogP contribution in [-0.2, 0) is 16.1 Å². The van der Waals surface area contributed by atoms with E-state index in [9.17, 15) is 4.79 Å². The van der Waals surface area contributed by atoms with Gasteiger partial charge in [-0.05, 0) is 29.2 Å². The van der Waals surface area contributed by atoms with Gasteiger partial charge in [0.15, 0.2) is 0 Å². The van der Waals surface area contributed by atoms with Crippen molar-refractivity contribution in [2.45, 2.75) is 39.2 Å². The molecule has 0 amide bonds. The van der Waals surface area contributed by atoms with Gasteiger partial charge in [-0.25, -0.2) is 0 Å². The number of hydrogen-bond acceptors (Lipinski definition) is 3. The van der Waals surface area contributed by atoms with E-state index in [1.165, 1.54) is 0 Å². The molecule has 0 aliphatic carbocycles. The lowest BCUT2D eigenvalue weighted by Crippen LogP contribution is -2.04. The van der Waals surface area contributed by atoms with Gasteiger partial charge in [0.05, 0.1) is 11.6 Å². The number of benzene rings is 2. The maximum absolute atomic E-state index is 11.6. The lowest BCUT2D eigenvalue weighted by Gasteiger charge is -2.07. The molecule has 0 saturated heterocycles. The monoisotopic (exact) mass is 307 g/mol. The van der Waals surface area contributed by atoms with Gasteiger partial charge in [-0.1, -0.05) is 62.2 Å². The van der Waals surface area contributed by atoms with E-state index in [2.05, 4.69) is 13.0 Å². The highest BCUT2D eigenvalue weighted by atomic mass is 16.5. The third kappa shape index (κ3) is 4.96. The third-order valence-corrected chi connectivity index (χ3v) is 3.70. The Morgan fingerprint density at radius 1 is 1.09 bits per heavy atom. The molecule has 0 unspecified atom stereocenters. The Morgan fingerprint density at radius 3 is 2.52 bits per heavy atom. The summed E-state index contributed by atoms with van der Waals surface area (Å²) in [4.78, 5) is 11.6. The van der Waals surface area contributed by atoms with Crippen LogP contribution in [0.4, 0.5) is 0 Å². The van der Waals surface area contributed by atoms with Crippen molar-refractivity contribution in [3.63, 3.8) is 0 Å². The second-order valence-electron chi connectivity index (χ2n) is 5.47. The van der Waals surface area contributed by atoms with Crippen LogP contribution in [0.1, 0.15) is 43.7 Å². The number of hydrogen-bond donors (Lipinski definition) is 0. The van der Waals surface area contributed by atoms with Crippen LogP contribution >= 0.6 is 0 Å². The fraction of sp³-hybridized carbons (Fsp3) is 0.300. The van der Waals surface area contributed by atoms with Crippen LogP contribution in [0.5, 0.6) is 0 Å². The summed E-state index contributed by atoms with van der Waals surface area (Å²) >= 11 is 0. The van der Waals surface area contributed by atoms with Crippen molar-refractivity contribution in [2.24, 2.45) is 0 Å². The maximum Gasteiger partial charge on any atom is 0.306 e. The molecule has 0 fully saturated rings. The highest BCUT2D eigenvalue weighted by molar-refractivity contribution is 5.71. The van der Waals surface area contributed by atoms with Crippen molar-refractivity contribution < 1.29 is 9.53 Å². The van der Waals surface area contributed by atoms with Gasteiger partial charge in [-0.3, -0.25) is 4.79 Å². The van der Waals surface area contributed by atoms with Gasteiger partial charge in [0.25, 0.3) is 0 Å². The fourth-order valence-corrected chi connectivity index (χ4v) is 2.37. The van der Waals surface area contributed by atoms with E-state index in [0.717, 1.165) is 36.0 Å². The number of unbranched alkanes of at least 4 members (excludes halogenated alkanes) is 2. The van der Waals surface area contributed by atoms with Gasteiger partial charge in [0, 0.05) is 6.42 Å². The van der Waals surface area contributed by atoms with Gasteiger partial charge in [-0.2, -0.15) is 5.26 Å². The molecule has 0 heterocycles. The minimum Gasteiger partial charge on any atom is -0.461 e. The Kier molecular flexibility index (Phi) is 6.38. The largest absolute Gasteiger partial charge is 0.461 e. The first-order valence-corrected chi connectivity index (χ1v) is 7.98. The molecule has 118 valence electrons. The van der Waals surface area contributed by atoms with Crippen LogP contribution < -0.4 is 0 Å². The number of rotatable bonds is 7. The van der Waals surface area contributed by atoms with E-state index in [1.54, 1.807) is 6.07 Å². The van der Waals surface area contributed by atoms with Crippen LogP contribution in [-0.4, -0.2) is 5.97 Å². The van der Waals surface area contributed by atoms with Crippen molar-refractivity contribution in [3.05, 3.63) is 59.7 Å². The predicted molar refractivity (Wildman–Crippen MR) is 90.5 cm³/mol. The minimum absolute atomic E-state index is 0.141. The summed E-state index contributed by atoms with van der Waals surface area (Å²) in [6.45, 7) is 2.41. The SMILES string of the molecule is CCCCCC(=O)OCc1ccc(-c2ccccc2C#N)cc1. The maximum atomic E-state index is 11.6. The first kappa shape index (κ1) is 16.8. The third-order valence-electron chi connectivity index (χ3n) is 3.70. The van der Waals surface area contributed by atoms with Gasteiger partial charge < -0.3 is 4.74 Å². The molecule has 23 heavy (non-hydrogen) atoms. The number of ether oxygens (including phenoxy) is 1. The molecule has 0 aliphatic heterocycles. The van der Waals surface area contributed by atoms with E-state index in [0.29, 0.717) is 18.6 Å². The normalized spacial score (nSPS) is 10.1. The van der Waals surface area contributed by atoms with Crippen LogP contribution in [0.3, 0.4) is 0 Å². The highest BCUT2D eigenvalue weighted by Gasteiger charge is 2.06. The molecule has 2 aromatic rings. The van der Waals surface area contributed by atoms with E-state index in [1.807, 2.05) is 42.5 Å². The summed E-state index contributed by atoms with van der Waals surface area (Å²) in [5, 5.41) is 9.16. The quantitative estimate of drug-likeness (QED) is 0.543. The number of carbonyl (C=O) groups is 1. The smallest absolute Gasteiger partial charge is 0.306 e. The molecule has 3 nitrogen and oxygen atoms in total. The molecular formula is C20H21NO2. The van der Waals surface area contributed by atoms with E-state index < -0.39 is 0 Å². The lowest BCUT2D eigenvalue weighted by atomic mass is 9.99. The molecule has 0 atom stereocenters. The molecule has 0 spiro atoms. The number of esters is 1. The average molecular weight is 307 g/mol. The first-order valence-electron chi connectivity index (χ1n) is 7.98. The Labute approximate surface area is 137 Å². The van der Waals surface area contributed by atoms with Crippen LogP contribution in [0.25, 0.3) is 11.1 Å². The zero-order valence-corrected chi connectivity index (χ0v) is 13.4. The molecule has 2 aromatic carbocycles. The molecule has 0 aromatic heterocycles. The zero-order chi connectivity index (χ0) is 16.5. The summed E-state index contributed by atoms with van der Waals surface area (Å²) in [6.07, 6.45) is 3.53. The predicted octanol–water partition coefficient (Wildman–Crippen LogP) is 4.85. The van der Waals surface area contributed by atoms with Crippen molar-refractivity contribution >= 4 is 5.97 Å². The van der Waals surface area contributed by atoms with Gasteiger partial charge in [0.1, 0.15) is 6.61 Å². The molecule has 3 heteroatoms. The molecule has 0 N–H and O–H groups in total. The molecular weight excluding hydrogens is 286 g/mol. The molecule has 0 saturated carbocycles. The van der Waals surface area contributed by atoms with Gasteiger partial charge >= 0.3 is 5.97 Å². The van der Waals surface area contributed by atoms with Gasteiger partial charge in [-0.15, -0.1) is 0 Å². The molecule has 0 aliphatic rings. The summed E-state index contributed by atoms with van der Waals surface area (Å²) in [5.74, 6) is -0.141. The van der Waals surface area contributed by atoms with Crippen LogP contribution in [0.2, 0.25) is 0 Å². The van der Waals surface area contributed by atoms with Crippen molar-refractivity contribution in [3.8, 4) is 17.2 Å². The zero-order valence-electron chi connectivity index (χ0n) is 13.4. The van der Waals surface area contributed by atoms with Crippen LogP contribution in [0, 0.1) is 11.3 Å². The molecule has 0 bridgehead atoms. The Hall–Kier alpha value is -2.60. The van der Waals surface area contributed by atoms with Gasteiger partial charge in [0.2, 0.25) is 0 Å². The van der Waals surface area contributed by atoms with Crippen molar-refractivity contribution in [2.75, 3.05) is 0 Å². The topological polar surface area (TPSA) is 50.1 Å². The number of carbonyl (C=O) groups excluding carboxylic acids is 1. The second-order valence-corrected chi connectivity index (χ2v) is 5.47. The van der Waals surface area contributed by atoms with E-state index in [-0.39, 0.29) is 5.97 Å². The second kappa shape index (κ2) is 8.75. The Morgan fingerprint density at radius 2 is 1.83 bits per heavy atom. The molecule has 0 radical (unpaired) electrons. The minimum atomic E-state index is -0.141. The summed E-state index contributed by atoms with van der Waals surface area (Å²) in [6, 6.07) is 17.5. The number of nitriles is 1. The summed E-state index contributed by atoms with van der Waals surface area (Å²) < 4.78 is 5.27. The summed E-state index contributed by atoms with van der Waals surface area (Å²) in [5.41, 5.74) is 3.51. The Balaban J connectivity index is 1.95. The first-order chi connectivity index (χ1) is 11.2. The fourth-order valence-electron chi connectivity index (χ4n) is 2.37.